The second-order valence-electron chi connectivity index (χ2n) is 3.71. The number of nitrogens with two attached hydrogens (primary N) is 1. The van der Waals surface area contributed by atoms with Crippen LogP contribution in [0.4, 0.5) is 10.7 Å². The van der Waals surface area contributed by atoms with Gasteiger partial charge in [-0.25, -0.2) is 27.4 Å². The Bertz CT molecular complexity index is 707. The maximum Gasteiger partial charge on any atom is 0.306 e. The van der Waals surface area contributed by atoms with E-state index in [1.165, 1.54) is 0 Å². The Hall–Kier alpha value is -1.28. The van der Waals surface area contributed by atoms with Gasteiger partial charge in [0.25, 0.3) is 0 Å². The van der Waals surface area contributed by atoms with E-state index < -0.39 is 30.5 Å². The number of nitrogen functional groups attached to an aromatic ring is 1. The van der Waals surface area contributed by atoms with Crippen LogP contribution < -0.4 is 16.0 Å². The van der Waals surface area contributed by atoms with Crippen LogP contribution in [0, 0.1) is 10.1 Å². The van der Waals surface area contributed by atoms with E-state index in [0.717, 1.165) is 12.3 Å². The molecule has 0 spiro atoms. The SMILES string of the molecule is CS(=O)(=O)CCNS(=O)(=O)c1cc([N+](=O)[O-])c(NN)s1. The minimum Gasteiger partial charge on any atom is -0.310 e. The molecule has 0 fully saturated rings. The molecule has 0 bridgehead atoms. The third-order valence-corrected chi connectivity index (χ3v) is 5.98. The number of hydrogen-bond donors (Lipinski definition) is 3. The van der Waals surface area contributed by atoms with Crippen LogP contribution in [0.15, 0.2) is 10.3 Å². The quantitative estimate of drug-likeness (QED) is 0.331. The Kier molecular flexibility index (Phi) is 5.04. The fraction of sp³-hybridized carbons (Fsp3) is 0.429. The summed E-state index contributed by atoms with van der Waals surface area (Å²) in [6.45, 7) is -0.321. The molecule has 0 aliphatic carbocycles. The molecule has 0 radical (unpaired) electrons. The van der Waals surface area contributed by atoms with E-state index in [9.17, 15) is 26.9 Å². The van der Waals surface area contributed by atoms with Crippen molar-refractivity contribution in [3.05, 3.63) is 16.2 Å². The van der Waals surface area contributed by atoms with Crippen LogP contribution in [0.25, 0.3) is 0 Å². The topological polar surface area (TPSA) is 162 Å². The van der Waals surface area contributed by atoms with E-state index in [1.54, 1.807) is 0 Å². The summed E-state index contributed by atoms with van der Waals surface area (Å²) in [5.41, 5.74) is 1.57. The minimum atomic E-state index is -4.02. The summed E-state index contributed by atoms with van der Waals surface area (Å²) in [6.07, 6.45) is 0.966. The maximum absolute atomic E-state index is 11.8. The van der Waals surface area contributed by atoms with Crippen molar-refractivity contribution >= 4 is 41.9 Å². The van der Waals surface area contributed by atoms with Crippen molar-refractivity contribution in [3.8, 4) is 0 Å². The fourth-order valence-electron chi connectivity index (χ4n) is 1.16. The molecule has 1 aromatic rings. The number of rotatable bonds is 7. The lowest BCUT2D eigenvalue weighted by molar-refractivity contribution is -0.383. The van der Waals surface area contributed by atoms with E-state index in [4.69, 9.17) is 5.84 Å². The van der Waals surface area contributed by atoms with Crippen LogP contribution in [0.1, 0.15) is 0 Å². The Morgan fingerprint density at radius 2 is 2.00 bits per heavy atom. The predicted octanol–water partition coefficient (Wildman–Crippen LogP) is -0.735. The number of hydrazine groups is 1. The van der Waals surface area contributed by atoms with Gasteiger partial charge in [0.1, 0.15) is 14.0 Å². The Morgan fingerprint density at radius 1 is 1.40 bits per heavy atom. The zero-order valence-electron chi connectivity index (χ0n) is 10.2. The number of thiophene rings is 1. The smallest absolute Gasteiger partial charge is 0.306 e. The van der Waals surface area contributed by atoms with Crippen molar-refractivity contribution in [2.24, 2.45) is 5.84 Å². The lowest BCUT2D eigenvalue weighted by Crippen LogP contribution is -2.28. The number of sulfonamides is 1. The van der Waals surface area contributed by atoms with Crippen molar-refractivity contribution < 1.29 is 21.8 Å². The van der Waals surface area contributed by atoms with Crippen molar-refractivity contribution in [2.45, 2.75) is 4.21 Å². The summed E-state index contributed by atoms with van der Waals surface area (Å²) < 4.78 is 47.2. The number of anilines is 1. The number of nitrogens with one attached hydrogen (secondary N) is 2. The minimum absolute atomic E-state index is 0.113. The monoisotopic (exact) mass is 344 g/mol. The second kappa shape index (κ2) is 6.01. The van der Waals surface area contributed by atoms with E-state index in [0.29, 0.717) is 11.3 Å². The van der Waals surface area contributed by atoms with Crippen LogP contribution in [0.2, 0.25) is 0 Å². The summed E-state index contributed by atoms with van der Waals surface area (Å²) >= 11 is 0.575. The highest BCUT2D eigenvalue weighted by Crippen LogP contribution is 2.36. The lowest BCUT2D eigenvalue weighted by Gasteiger charge is -2.02. The van der Waals surface area contributed by atoms with Gasteiger partial charge >= 0.3 is 5.69 Å². The molecule has 0 unspecified atom stereocenters. The summed E-state index contributed by atoms with van der Waals surface area (Å²) in [5, 5.41) is 10.6. The molecule has 0 atom stereocenters. The average Bonchev–Trinajstić information content (AvgIpc) is 2.71. The first-order chi connectivity index (χ1) is 9.07. The molecule has 1 aromatic heterocycles. The maximum atomic E-state index is 11.8. The Morgan fingerprint density at radius 3 is 2.40 bits per heavy atom. The first-order valence-corrected chi connectivity index (χ1v) is 9.35. The first kappa shape index (κ1) is 16.8. The van der Waals surface area contributed by atoms with Gasteiger partial charge in [0.2, 0.25) is 10.0 Å². The molecule has 0 saturated carbocycles. The molecular formula is C7H12N4O6S3. The van der Waals surface area contributed by atoms with Crippen LogP contribution in [0.5, 0.6) is 0 Å². The molecule has 0 aliphatic rings. The van der Waals surface area contributed by atoms with Crippen molar-refractivity contribution in [3.63, 3.8) is 0 Å². The molecule has 1 rings (SSSR count). The Labute approximate surface area is 119 Å². The van der Waals surface area contributed by atoms with E-state index >= 15 is 0 Å². The summed E-state index contributed by atoms with van der Waals surface area (Å²) in [7, 11) is -7.34. The van der Waals surface area contributed by atoms with Gasteiger partial charge in [-0.1, -0.05) is 11.3 Å². The van der Waals surface area contributed by atoms with Crippen molar-refractivity contribution in [1.82, 2.24) is 4.72 Å². The molecule has 0 aliphatic heterocycles. The van der Waals surface area contributed by atoms with Gasteiger partial charge in [-0.15, -0.1) is 0 Å². The average molecular weight is 344 g/mol. The summed E-state index contributed by atoms with van der Waals surface area (Å²) in [6, 6.07) is 0.850. The van der Waals surface area contributed by atoms with Crippen molar-refractivity contribution in [1.29, 1.82) is 0 Å². The van der Waals surface area contributed by atoms with Crippen LogP contribution >= 0.6 is 11.3 Å². The highest BCUT2D eigenvalue weighted by molar-refractivity contribution is 7.92. The second-order valence-corrected chi connectivity index (χ2v) is 9.01. The normalized spacial score (nSPS) is 12.3. The highest BCUT2D eigenvalue weighted by atomic mass is 32.2. The molecule has 0 aromatic carbocycles. The first-order valence-electron chi connectivity index (χ1n) is 4.99. The van der Waals surface area contributed by atoms with Crippen LogP contribution in [-0.4, -0.2) is 40.3 Å². The fourth-order valence-corrected chi connectivity index (χ4v) is 4.08. The number of nitro groups is 1. The zero-order chi connectivity index (χ0) is 15.6. The number of hydrogen-bond acceptors (Lipinski definition) is 9. The molecule has 10 nitrogen and oxygen atoms in total. The molecule has 4 N–H and O–H groups in total. The lowest BCUT2D eigenvalue weighted by atomic mass is 10.5. The third-order valence-electron chi connectivity index (χ3n) is 2.05. The number of nitrogens with zero attached hydrogens (tertiary/aromatic N) is 1. The van der Waals surface area contributed by atoms with Gasteiger partial charge in [-0.2, -0.15) is 0 Å². The molecule has 13 heteroatoms. The largest absolute Gasteiger partial charge is 0.310 e. The van der Waals surface area contributed by atoms with Crippen LogP contribution in [0.3, 0.4) is 0 Å². The zero-order valence-corrected chi connectivity index (χ0v) is 12.6. The molecule has 114 valence electrons. The third kappa shape index (κ3) is 4.38. The van der Waals surface area contributed by atoms with E-state index in [-0.39, 0.29) is 21.5 Å². The van der Waals surface area contributed by atoms with E-state index in [1.807, 2.05) is 10.1 Å². The summed E-state index contributed by atoms with van der Waals surface area (Å²) in [5.74, 6) is 4.69. The Balaban J connectivity index is 2.96. The van der Waals surface area contributed by atoms with Gasteiger partial charge < -0.3 is 5.43 Å². The van der Waals surface area contributed by atoms with Gasteiger partial charge in [-0.05, 0) is 0 Å². The number of sulfone groups is 1. The van der Waals surface area contributed by atoms with Gasteiger partial charge in [0.15, 0.2) is 5.00 Å². The summed E-state index contributed by atoms with van der Waals surface area (Å²) in [4.78, 5) is 9.91. The van der Waals surface area contributed by atoms with Crippen LogP contribution in [-0.2, 0) is 19.9 Å². The standard InChI is InChI=1S/C7H12N4O6S3/c1-19(14,15)3-2-9-20(16,17)6-4-5(11(12)13)7(10-8)18-6/h4,9-10H,2-3,8H2,1H3. The molecule has 20 heavy (non-hydrogen) atoms. The molecule has 0 amide bonds. The molecule has 0 saturated heterocycles. The van der Waals surface area contributed by atoms with Gasteiger partial charge in [-0.3, -0.25) is 10.1 Å². The molecule has 1 heterocycles. The van der Waals surface area contributed by atoms with Crippen molar-refractivity contribution in [2.75, 3.05) is 24.0 Å². The van der Waals surface area contributed by atoms with E-state index in [2.05, 4.69) is 0 Å². The predicted molar refractivity (Wildman–Crippen MR) is 73.7 cm³/mol. The molecular weight excluding hydrogens is 332 g/mol. The highest BCUT2D eigenvalue weighted by Gasteiger charge is 2.25. The van der Waals surface area contributed by atoms with Gasteiger partial charge in [0.05, 0.1) is 10.7 Å². The van der Waals surface area contributed by atoms with Gasteiger partial charge in [0, 0.05) is 18.9 Å².